The van der Waals surface area contributed by atoms with E-state index in [0.717, 1.165) is 11.3 Å². The summed E-state index contributed by atoms with van der Waals surface area (Å²) >= 11 is 0. The zero-order valence-electron chi connectivity index (χ0n) is 7.16. The van der Waals surface area contributed by atoms with Gasteiger partial charge in [-0.1, -0.05) is 5.16 Å². The maximum absolute atomic E-state index is 11.0. The van der Waals surface area contributed by atoms with E-state index < -0.39 is 0 Å². The van der Waals surface area contributed by atoms with Crippen molar-refractivity contribution in [3.8, 4) is 0 Å². The molecule has 0 amide bonds. The minimum atomic E-state index is -0.246. The van der Waals surface area contributed by atoms with Gasteiger partial charge in [0.25, 0.3) is 0 Å². The molecule has 0 aliphatic rings. The van der Waals surface area contributed by atoms with Crippen LogP contribution in [0.25, 0.3) is 0 Å². The second-order valence-electron chi connectivity index (χ2n) is 2.41. The number of rotatable bonds is 3. The van der Waals surface area contributed by atoms with Gasteiger partial charge in [-0.3, -0.25) is 4.79 Å². The van der Waals surface area contributed by atoms with Gasteiger partial charge in [0.1, 0.15) is 6.26 Å². The highest BCUT2D eigenvalue weighted by molar-refractivity contribution is 5.72. The molecule has 0 unspecified atom stereocenters. The van der Waals surface area contributed by atoms with Gasteiger partial charge in [-0.05, 0) is 13.8 Å². The predicted octanol–water partition coefficient (Wildman–Crippen LogP) is 1.09. The number of esters is 1. The monoisotopic (exact) mass is 169 g/mol. The Kier molecular flexibility index (Phi) is 2.85. The number of aryl methyl sites for hydroxylation is 1. The third-order valence-electron chi connectivity index (χ3n) is 1.49. The van der Waals surface area contributed by atoms with E-state index >= 15 is 0 Å². The van der Waals surface area contributed by atoms with Crippen LogP contribution in [0.4, 0.5) is 0 Å². The van der Waals surface area contributed by atoms with E-state index in [-0.39, 0.29) is 12.4 Å². The number of nitrogens with zero attached hydrogens (tertiary/aromatic N) is 1. The van der Waals surface area contributed by atoms with E-state index in [9.17, 15) is 4.79 Å². The molecule has 0 aliphatic heterocycles. The van der Waals surface area contributed by atoms with Crippen molar-refractivity contribution < 1.29 is 14.1 Å². The van der Waals surface area contributed by atoms with Gasteiger partial charge in [0.2, 0.25) is 0 Å². The summed E-state index contributed by atoms with van der Waals surface area (Å²) in [6.45, 7) is 3.97. The summed E-state index contributed by atoms with van der Waals surface area (Å²) in [4.78, 5) is 11.0. The van der Waals surface area contributed by atoms with E-state index in [4.69, 9.17) is 4.74 Å². The lowest BCUT2D eigenvalue weighted by atomic mass is 10.2. The summed E-state index contributed by atoms with van der Waals surface area (Å²) in [7, 11) is 0. The first kappa shape index (κ1) is 8.77. The number of aromatic nitrogens is 1. The number of ether oxygens (including phenoxy) is 1. The highest BCUT2D eigenvalue weighted by Crippen LogP contribution is 2.06. The minimum absolute atomic E-state index is 0.239. The zero-order chi connectivity index (χ0) is 8.97. The molecule has 66 valence electrons. The molecule has 4 heteroatoms. The Morgan fingerprint density at radius 2 is 2.50 bits per heavy atom. The first-order chi connectivity index (χ1) is 5.74. The summed E-state index contributed by atoms with van der Waals surface area (Å²) < 4.78 is 9.43. The number of carbonyl (C=O) groups is 1. The Morgan fingerprint density at radius 3 is 3.00 bits per heavy atom. The van der Waals surface area contributed by atoms with Crippen molar-refractivity contribution >= 4 is 5.97 Å². The molecule has 0 aliphatic carbocycles. The molecule has 0 N–H and O–H groups in total. The molecule has 1 aromatic rings. The highest BCUT2D eigenvalue weighted by atomic mass is 16.5. The maximum atomic E-state index is 11.0. The highest BCUT2D eigenvalue weighted by Gasteiger charge is 2.08. The molecule has 0 aromatic carbocycles. The molecule has 4 nitrogen and oxygen atoms in total. The maximum Gasteiger partial charge on any atom is 0.310 e. The average Bonchev–Trinajstić information content (AvgIpc) is 2.37. The van der Waals surface area contributed by atoms with Crippen molar-refractivity contribution in [2.75, 3.05) is 6.61 Å². The van der Waals surface area contributed by atoms with Gasteiger partial charge in [0.15, 0.2) is 0 Å². The van der Waals surface area contributed by atoms with E-state index in [1.165, 1.54) is 6.26 Å². The van der Waals surface area contributed by atoms with E-state index in [0.29, 0.717) is 6.61 Å². The molecule has 1 heterocycles. The summed E-state index contributed by atoms with van der Waals surface area (Å²) in [5.74, 6) is -0.246. The first-order valence-corrected chi connectivity index (χ1v) is 3.79. The van der Waals surface area contributed by atoms with Crippen molar-refractivity contribution in [1.29, 1.82) is 0 Å². The van der Waals surface area contributed by atoms with Crippen LogP contribution in [0.15, 0.2) is 10.8 Å². The van der Waals surface area contributed by atoms with Crippen LogP contribution < -0.4 is 0 Å². The van der Waals surface area contributed by atoms with Crippen molar-refractivity contribution in [1.82, 2.24) is 5.16 Å². The van der Waals surface area contributed by atoms with Crippen LogP contribution in [-0.2, 0) is 16.0 Å². The summed E-state index contributed by atoms with van der Waals surface area (Å²) in [5.41, 5.74) is 1.52. The van der Waals surface area contributed by atoms with E-state index in [1.54, 1.807) is 13.8 Å². The lowest BCUT2D eigenvalue weighted by molar-refractivity contribution is -0.142. The third-order valence-corrected chi connectivity index (χ3v) is 1.49. The fraction of sp³-hybridized carbons (Fsp3) is 0.500. The zero-order valence-corrected chi connectivity index (χ0v) is 7.16. The largest absolute Gasteiger partial charge is 0.466 e. The Morgan fingerprint density at radius 1 is 1.75 bits per heavy atom. The molecular weight excluding hydrogens is 158 g/mol. The van der Waals surface area contributed by atoms with Crippen LogP contribution in [0.2, 0.25) is 0 Å². The Hall–Kier alpha value is -1.32. The van der Waals surface area contributed by atoms with Gasteiger partial charge in [-0.15, -0.1) is 0 Å². The molecule has 1 aromatic heterocycles. The predicted molar refractivity (Wildman–Crippen MR) is 41.6 cm³/mol. The SMILES string of the molecule is CCOC(=O)Cc1conc1C. The molecule has 0 fully saturated rings. The summed E-state index contributed by atoms with van der Waals surface area (Å²) in [6.07, 6.45) is 1.70. The molecular formula is C8H11NO3. The van der Waals surface area contributed by atoms with Crippen molar-refractivity contribution in [2.24, 2.45) is 0 Å². The normalized spacial score (nSPS) is 9.83. The number of hydrogen-bond donors (Lipinski definition) is 0. The fourth-order valence-electron chi connectivity index (χ4n) is 0.850. The van der Waals surface area contributed by atoms with Gasteiger partial charge >= 0.3 is 5.97 Å². The summed E-state index contributed by atoms with van der Waals surface area (Å²) in [5, 5.41) is 3.65. The molecule has 0 saturated heterocycles. The van der Waals surface area contributed by atoms with Crippen molar-refractivity contribution in [3.63, 3.8) is 0 Å². The first-order valence-electron chi connectivity index (χ1n) is 3.79. The Balaban J connectivity index is 2.52. The van der Waals surface area contributed by atoms with Crippen LogP contribution in [0.1, 0.15) is 18.2 Å². The van der Waals surface area contributed by atoms with E-state index in [2.05, 4.69) is 9.68 Å². The molecule has 0 saturated carbocycles. The van der Waals surface area contributed by atoms with Crippen molar-refractivity contribution in [2.45, 2.75) is 20.3 Å². The van der Waals surface area contributed by atoms with Crippen LogP contribution in [0.5, 0.6) is 0 Å². The molecule has 0 radical (unpaired) electrons. The molecule has 0 bridgehead atoms. The minimum Gasteiger partial charge on any atom is -0.466 e. The summed E-state index contributed by atoms with van der Waals surface area (Å²) in [6, 6.07) is 0. The molecule has 0 atom stereocenters. The van der Waals surface area contributed by atoms with E-state index in [1.807, 2.05) is 0 Å². The molecule has 12 heavy (non-hydrogen) atoms. The average molecular weight is 169 g/mol. The van der Waals surface area contributed by atoms with Crippen LogP contribution in [0.3, 0.4) is 0 Å². The lowest BCUT2D eigenvalue weighted by Crippen LogP contribution is -2.07. The van der Waals surface area contributed by atoms with Crippen molar-refractivity contribution in [3.05, 3.63) is 17.5 Å². The molecule has 1 rings (SSSR count). The lowest BCUT2D eigenvalue weighted by Gasteiger charge is -1.98. The second kappa shape index (κ2) is 3.90. The van der Waals surface area contributed by atoms with Crippen LogP contribution in [0, 0.1) is 6.92 Å². The Bertz CT molecular complexity index is 267. The number of hydrogen-bond acceptors (Lipinski definition) is 4. The van der Waals surface area contributed by atoms with Gasteiger partial charge in [-0.25, -0.2) is 0 Å². The number of carbonyl (C=O) groups excluding carboxylic acids is 1. The smallest absolute Gasteiger partial charge is 0.310 e. The van der Waals surface area contributed by atoms with Gasteiger partial charge in [0, 0.05) is 5.56 Å². The van der Waals surface area contributed by atoms with Gasteiger partial charge in [0.05, 0.1) is 18.7 Å². The second-order valence-corrected chi connectivity index (χ2v) is 2.41. The Labute approximate surface area is 70.5 Å². The fourth-order valence-corrected chi connectivity index (χ4v) is 0.850. The van der Waals surface area contributed by atoms with Gasteiger partial charge < -0.3 is 9.26 Å². The topological polar surface area (TPSA) is 52.3 Å². The standard InChI is InChI=1S/C8H11NO3/c1-3-11-8(10)4-7-5-12-9-6(7)2/h5H,3-4H2,1-2H3. The van der Waals surface area contributed by atoms with Crippen LogP contribution in [-0.4, -0.2) is 17.7 Å². The van der Waals surface area contributed by atoms with Crippen LogP contribution >= 0.6 is 0 Å². The quantitative estimate of drug-likeness (QED) is 0.635. The van der Waals surface area contributed by atoms with Gasteiger partial charge in [-0.2, -0.15) is 0 Å². The molecule has 0 spiro atoms. The third kappa shape index (κ3) is 2.08.